The second-order valence-corrected chi connectivity index (χ2v) is 3.95. The summed E-state index contributed by atoms with van der Waals surface area (Å²) in [4.78, 5) is 0. The first-order valence-electron chi connectivity index (χ1n) is 5.65. The van der Waals surface area contributed by atoms with E-state index in [4.69, 9.17) is 0 Å². The number of nitrogens with one attached hydrogen (secondary N) is 1. The van der Waals surface area contributed by atoms with E-state index in [-0.39, 0.29) is 0 Å². The number of rotatable bonds is 5. The summed E-state index contributed by atoms with van der Waals surface area (Å²) >= 11 is 0. The molecule has 15 heavy (non-hydrogen) atoms. The van der Waals surface area contributed by atoms with E-state index in [1.54, 1.807) is 0 Å². The van der Waals surface area contributed by atoms with Crippen molar-refractivity contribution in [2.75, 3.05) is 5.32 Å². The van der Waals surface area contributed by atoms with E-state index in [2.05, 4.69) is 28.5 Å². The molecule has 0 radical (unpaired) electrons. The Morgan fingerprint density at radius 1 is 1.40 bits per heavy atom. The van der Waals surface area contributed by atoms with Crippen molar-refractivity contribution in [3.8, 4) is 0 Å². The number of allylic oxidation sites excluding steroid dienone is 1. The standard InChI is InChI=1S/C12H17N3/c1-2-3-4-5-11-8-9-12(15-14-11)13-10-6-7-10/h4-5,8-10H,2-3,6-7H2,1H3,(H,13,15)/b5-4+. The van der Waals surface area contributed by atoms with Gasteiger partial charge in [0.15, 0.2) is 0 Å². The van der Waals surface area contributed by atoms with Crippen LogP contribution in [0.25, 0.3) is 6.08 Å². The van der Waals surface area contributed by atoms with Gasteiger partial charge in [0.2, 0.25) is 0 Å². The molecule has 1 aromatic rings. The Labute approximate surface area is 90.6 Å². The highest BCUT2D eigenvalue weighted by Gasteiger charge is 2.21. The first kappa shape index (κ1) is 10.1. The maximum atomic E-state index is 4.13. The van der Waals surface area contributed by atoms with Gasteiger partial charge < -0.3 is 5.32 Å². The van der Waals surface area contributed by atoms with E-state index in [0.29, 0.717) is 6.04 Å². The summed E-state index contributed by atoms with van der Waals surface area (Å²) in [5.74, 6) is 0.894. The molecule has 1 fully saturated rings. The Bertz CT molecular complexity index is 325. The van der Waals surface area contributed by atoms with E-state index >= 15 is 0 Å². The summed E-state index contributed by atoms with van der Waals surface area (Å²) in [7, 11) is 0. The van der Waals surface area contributed by atoms with Crippen molar-refractivity contribution in [1.82, 2.24) is 10.2 Å². The van der Waals surface area contributed by atoms with Gasteiger partial charge in [-0.25, -0.2) is 0 Å². The highest BCUT2D eigenvalue weighted by Crippen LogP contribution is 2.23. The molecule has 3 heteroatoms. The van der Waals surface area contributed by atoms with Gasteiger partial charge in [-0.15, -0.1) is 10.2 Å². The van der Waals surface area contributed by atoms with E-state index in [0.717, 1.165) is 17.9 Å². The van der Waals surface area contributed by atoms with E-state index in [1.807, 2.05) is 18.2 Å². The zero-order chi connectivity index (χ0) is 10.5. The van der Waals surface area contributed by atoms with Crippen molar-refractivity contribution in [2.24, 2.45) is 0 Å². The second kappa shape index (κ2) is 4.91. The van der Waals surface area contributed by atoms with Crippen LogP contribution in [0.4, 0.5) is 5.82 Å². The first-order valence-corrected chi connectivity index (χ1v) is 5.65. The number of nitrogens with zero attached hydrogens (tertiary/aromatic N) is 2. The average Bonchev–Trinajstić information content (AvgIpc) is 3.05. The van der Waals surface area contributed by atoms with Crippen LogP contribution in [0, 0.1) is 0 Å². The van der Waals surface area contributed by atoms with Crippen LogP contribution < -0.4 is 5.32 Å². The van der Waals surface area contributed by atoms with Gasteiger partial charge in [0.1, 0.15) is 5.82 Å². The third-order valence-corrected chi connectivity index (χ3v) is 2.36. The third kappa shape index (κ3) is 3.35. The van der Waals surface area contributed by atoms with Crippen LogP contribution in [-0.4, -0.2) is 16.2 Å². The second-order valence-electron chi connectivity index (χ2n) is 3.95. The molecule has 3 nitrogen and oxygen atoms in total. The summed E-state index contributed by atoms with van der Waals surface area (Å²) in [5.41, 5.74) is 0.935. The SMILES string of the molecule is CCC/C=C/c1ccc(NC2CC2)nn1. The molecule has 1 aliphatic rings. The predicted molar refractivity (Wildman–Crippen MR) is 62.6 cm³/mol. The minimum Gasteiger partial charge on any atom is -0.366 e. The molecule has 0 amide bonds. The van der Waals surface area contributed by atoms with E-state index in [1.165, 1.54) is 19.3 Å². The molecule has 1 heterocycles. The highest BCUT2D eigenvalue weighted by atomic mass is 15.2. The smallest absolute Gasteiger partial charge is 0.148 e. The Morgan fingerprint density at radius 2 is 2.27 bits per heavy atom. The summed E-state index contributed by atoms with van der Waals surface area (Å²) in [6, 6.07) is 4.64. The molecule has 0 atom stereocenters. The average molecular weight is 203 g/mol. The summed E-state index contributed by atoms with van der Waals surface area (Å²) in [6.07, 6.45) is 8.96. The van der Waals surface area contributed by atoms with Gasteiger partial charge in [0, 0.05) is 6.04 Å². The molecule has 1 N–H and O–H groups in total. The lowest BCUT2D eigenvalue weighted by Crippen LogP contribution is -2.03. The Balaban J connectivity index is 1.90. The molecule has 0 aromatic carbocycles. The van der Waals surface area contributed by atoms with Crippen LogP contribution in [0.1, 0.15) is 38.3 Å². The molecule has 1 aromatic heterocycles. The molecule has 0 aliphatic heterocycles. The van der Waals surface area contributed by atoms with Crippen LogP contribution in [-0.2, 0) is 0 Å². The van der Waals surface area contributed by atoms with Crippen molar-refractivity contribution in [1.29, 1.82) is 0 Å². The van der Waals surface area contributed by atoms with E-state index < -0.39 is 0 Å². The van der Waals surface area contributed by atoms with Gasteiger partial charge in [0.05, 0.1) is 5.69 Å². The van der Waals surface area contributed by atoms with Crippen molar-refractivity contribution < 1.29 is 0 Å². The van der Waals surface area contributed by atoms with Crippen molar-refractivity contribution in [3.05, 3.63) is 23.9 Å². The van der Waals surface area contributed by atoms with E-state index in [9.17, 15) is 0 Å². The number of anilines is 1. The van der Waals surface area contributed by atoms with Crippen molar-refractivity contribution >= 4 is 11.9 Å². The number of unbranched alkanes of at least 4 members (excludes halogenated alkanes) is 1. The van der Waals surface area contributed by atoms with Crippen LogP contribution in [0.15, 0.2) is 18.2 Å². The van der Waals surface area contributed by atoms with Gasteiger partial charge >= 0.3 is 0 Å². The van der Waals surface area contributed by atoms with Crippen LogP contribution in [0.3, 0.4) is 0 Å². The molecule has 0 spiro atoms. The third-order valence-electron chi connectivity index (χ3n) is 2.36. The minimum atomic E-state index is 0.640. The fourth-order valence-corrected chi connectivity index (χ4v) is 1.32. The summed E-state index contributed by atoms with van der Waals surface area (Å²) in [6.45, 7) is 2.17. The Kier molecular flexibility index (Phi) is 3.33. The van der Waals surface area contributed by atoms with Gasteiger partial charge in [-0.1, -0.05) is 19.4 Å². The molecule has 80 valence electrons. The quantitative estimate of drug-likeness (QED) is 0.799. The monoisotopic (exact) mass is 203 g/mol. The summed E-state index contributed by atoms with van der Waals surface area (Å²) in [5, 5.41) is 11.6. The number of hydrogen-bond acceptors (Lipinski definition) is 3. The lowest BCUT2D eigenvalue weighted by Gasteiger charge is -2.01. The fourth-order valence-electron chi connectivity index (χ4n) is 1.32. The first-order chi connectivity index (χ1) is 7.38. The van der Waals surface area contributed by atoms with Gasteiger partial charge in [-0.3, -0.25) is 0 Å². The van der Waals surface area contributed by atoms with Gasteiger partial charge in [-0.05, 0) is 37.5 Å². The lowest BCUT2D eigenvalue weighted by molar-refractivity contribution is 0.957. The van der Waals surface area contributed by atoms with Gasteiger partial charge in [-0.2, -0.15) is 0 Å². The van der Waals surface area contributed by atoms with Crippen LogP contribution in [0.5, 0.6) is 0 Å². The maximum absolute atomic E-state index is 4.13. The Morgan fingerprint density at radius 3 is 2.87 bits per heavy atom. The van der Waals surface area contributed by atoms with Crippen LogP contribution >= 0.6 is 0 Å². The zero-order valence-electron chi connectivity index (χ0n) is 9.11. The Hall–Kier alpha value is -1.38. The molecule has 1 aliphatic carbocycles. The topological polar surface area (TPSA) is 37.8 Å². The predicted octanol–water partition coefficient (Wildman–Crippen LogP) is 2.86. The molecular formula is C12H17N3. The molecule has 2 rings (SSSR count). The largest absolute Gasteiger partial charge is 0.366 e. The number of hydrogen-bond donors (Lipinski definition) is 1. The normalized spacial score (nSPS) is 15.8. The highest BCUT2D eigenvalue weighted by molar-refractivity contribution is 5.46. The lowest BCUT2D eigenvalue weighted by atomic mass is 10.3. The van der Waals surface area contributed by atoms with Crippen LogP contribution in [0.2, 0.25) is 0 Å². The number of aromatic nitrogens is 2. The molecule has 0 saturated heterocycles. The molecule has 1 saturated carbocycles. The van der Waals surface area contributed by atoms with Crippen molar-refractivity contribution in [3.63, 3.8) is 0 Å². The minimum absolute atomic E-state index is 0.640. The molecular weight excluding hydrogens is 186 g/mol. The molecule has 0 bridgehead atoms. The zero-order valence-corrected chi connectivity index (χ0v) is 9.11. The summed E-state index contributed by atoms with van der Waals surface area (Å²) < 4.78 is 0. The fraction of sp³-hybridized carbons (Fsp3) is 0.500. The van der Waals surface area contributed by atoms with Gasteiger partial charge in [0.25, 0.3) is 0 Å². The molecule has 0 unspecified atom stereocenters. The maximum Gasteiger partial charge on any atom is 0.148 e. The van der Waals surface area contributed by atoms with Crippen molar-refractivity contribution in [2.45, 2.75) is 38.6 Å².